The third kappa shape index (κ3) is 5.91. The summed E-state index contributed by atoms with van der Waals surface area (Å²) in [5.74, 6) is 0.898. The molecule has 7 nitrogen and oxygen atoms in total. The Bertz CT molecular complexity index is 608. The molecule has 144 valence electrons. The zero-order chi connectivity index (χ0) is 18.9. The number of morpholine rings is 1. The van der Waals surface area contributed by atoms with E-state index in [4.69, 9.17) is 9.47 Å². The van der Waals surface area contributed by atoms with Crippen molar-refractivity contribution < 1.29 is 19.1 Å². The van der Waals surface area contributed by atoms with Crippen LogP contribution in [0.25, 0.3) is 0 Å². The maximum absolute atomic E-state index is 12.2. The van der Waals surface area contributed by atoms with Crippen molar-refractivity contribution >= 4 is 11.9 Å². The van der Waals surface area contributed by atoms with Crippen molar-refractivity contribution in [3.63, 3.8) is 0 Å². The van der Waals surface area contributed by atoms with Crippen molar-refractivity contribution in [3.05, 3.63) is 29.8 Å². The summed E-state index contributed by atoms with van der Waals surface area (Å²) in [7, 11) is 1.73. The lowest BCUT2D eigenvalue weighted by Crippen LogP contribution is -2.50. The Morgan fingerprint density at radius 1 is 1.38 bits per heavy atom. The number of amides is 3. The van der Waals surface area contributed by atoms with Gasteiger partial charge in [-0.3, -0.25) is 4.79 Å². The highest BCUT2D eigenvalue weighted by molar-refractivity contribution is 5.74. The molecule has 1 heterocycles. The monoisotopic (exact) mass is 363 g/mol. The van der Waals surface area contributed by atoms with Gasteiger partial charge < -0.3 is 24.6 Å². The second-order valence-electron chi connectivity index (χ2n) is 6.38. The fourth-order valence-electron chi connectivity index (χ4n) is 2.80. The first-order valence-electron chi connectivity index (χ1n) is 9.08. The van der Waals surface area contributed by atoms with Gasteiger partial charge in [-0.1, -0.05) is 25.1 Å². The molecule has 1 fully saturated rings. The van der Waals surface area contributed by atoms with Crippen molar-refractivity contribution in [2.24, 2.45) is 0 Å². The number of rotatable bonds is 7. The number of para-hydroxylation sites is 1. The van der Waals surface area contributed by atoms with Crippen LogP contribution >= 0.6 is 0 Å². The number of benzene rings is 1. The fourth-order valence-corrected chi connectivity index (χ4v) is 2.80. The number of hydrogen-bond acceptors (Lipinski definition) is 4. The third-order valence-corrected chi connectivity index (χ3v) is 4.45. The Labute approximate surface area is 155 Å². The van der Waals surface area contributed by atoms with Crippen LogP contribution in [0, 0.1) is 0 Å². The minimum Gasteiger partial charge on any atom is -0.491 e. The van der Waals surface area contributed by atoms with E-state index in [-0.39, 0.29) is 18.0 Å². The van der Waals surface area contributed by atoms with Crippen LogP contribution in [0.1, 0.15) is 19.4 Å². The molecule has 0 spiro atoms. The topological polar surface area (TPSA) is 71.1 Å². The number of ether oxygens (including phenoxy) is 2. The average Bonchev–Trinajstić information content (AvgIpc) is 2.66. The van der Waals surface area contributed by atoms with E-state index in [0.717, 1.165) is 17.7 Å². The number of carbonyl (C=O) groups is 2. The molecule has 3 amide bonds. The van der Waals surface area contributed by atoms with Crippen LogP contribution in [-0.4, -0.2) is 74.3 Å². The van der Waals surface area contributed by atoms with Crippen molar-refractivity contribution in [2.45, 2.75) is 26.4 Å². The maximum Gasteiger partial charge on any atom is 0.317 e. The number of nitrogens with one attached hydrogen (secondary N) is 1. The molecule has 0 radical (unpaired) electrons. The van der Waals surface area contributed by atoms with Crippen molar-refractivity contribution in [1.82, 2.24) is 15.1 Å². The van der Waals surface area contributed by atoms with E-state index in [0.29, 0.717) is 39.4 Å². The van der Waals surface area contributed by atoms with Gasteiger partial charge in [-0.25, -0.2) is 4.79 Å². The van der Waals surface area contributed by atoms with Crippen LogP contribution < -0.4 is 10.1 Å². The van der Waals surface area contributed by atoms with Gasteiger partial charge in [0.05, 0.1) is 19.3 Å². The molecule has 1 unspecified atom stereocenters. The predicted octanol–water partition coefficient (Wildman–Crippen LogP) is 1.52. The second-order valence-corrected chi connectivity index (χ2v) is 6.38. The summed E-state index contributed by atoms with van der Waals surface area (Å²) in [6.07, 6.45) is 0.739. The Kier molecular flexibility index (Phi) is 7.72. The normalized spacial score (nSPS) is 16.9. The molecular formula is C19H29N3O4. The molecule has 1 aromatic rings. The van der Waals surface area contributed by atoms with Crippen LogP contribution in [0.3, 0.4) is 0 Å². The molecule has 1 aromatic carbocycles. The maximum atomic E-state index is 12.2. The number of carbonyl (C=O) groups excluding carboxylic acids is 2. The zero-order valence-corrected chi connectivity index (χ0v) is 15.9. The van der Waals surface area contributed by atoms with Crippen molar-refractivity contribution in [2.75, 3.05) is 46.4 Å². The highest BCUT2D eigenvalue weighted by Crippen LogP contribution is 2.18. The lowest BCUT2D eigenvalue weighted by atomic mass is 10.1. The number of likely N-dealkylation sites (N-methyl/N-ethyl adjacent to an activating group) is 1. The molecule has 0 saturated carbocycles. The van der Waals surface area contributed by atoms with E-state index >= 15 is 0 Å². The summed E-state index contributed by atoms with van der Waals surface area (Å²) in [5, 5.41) is 2.85. The molecule has 0 aliphatic carbocycles. The highest BCUT2D eigenvalue weighted by atomic mass is 16.5. The lowest BCUT2D eigenvalue weighted by Gasteiger charge is -2.32. The van der Waals surface area contributed by atoms with Crippen molar-refractivity contribution in [1.29, 1.82) is 0 Å². The van der Waals surface area contributed by atoms with E-state index in [9.17, 15) is 9.59 Å². The number of nitrogens with zero attached hydrogens (tertiary/aromatic N) is 2. The second kappa shape index (κ2) is 10.0. The Morgan fingerprint density at radius 3 is 2.88 bits per heavy atom. The Balaban J connectivity index is 1.69. The summed E-state index contributed by atoms with van der Waals surface area (Å²) in [6, 6.07) is 7.74. The standard InChI is InChI=1S/C19H29N3O4/c1-4-16-7-5-6-8-18(16)26-11-9-21(3)19(24)20-13-17-14-22(15(2)23)10-12-25-17/h5-8,17H,4,9-14H2,1-3H3,(H,20,24). The fraction of sp³-hybridized carbons (Fsp3) is 0.579. The van der Waals surface area contributed by atoms with Crippen LogP contribution in [0.15, 0.2) is 24.3 Å². The van der Waals surface area contributed by atoms with Gasteiger partial charge >= 0.3 is 6.03 Å². The molecule has 2 rings (SSSR count). The molecular weight excluding hydrogens is 334 g/mol. The summed E-state index contributed by atoms with van der Waals surface area (Å²) < 4.78 is 11.4. The van der Waals surface area contributed by atoms with Gasteiger partial charge in [-0.15, -0.1) is 0 Å². The summed E-state index contributed by atoms with van der Waals surface area (Å²) >= 11 is 0. The number of aryl methyl sites for hydroxylation is 1. The highest BCUT2D eigenvalue weighted by Gasteiger charge is 2.22. The van der Waals surface area contributed by atoms with Crippen LogP contribution in [0.4, 0.5) is 4.79 Å². The van der Waals surface area contributed by atoms with E-state index in [1.807, 2.05) is 24.3 Å². The molecule has 1 N–H and O–H groups in total. The van der Waals surface area contributed by atoms with Gasteiger partial charge in [-0.05, 0) is 18.1 Å². The first kappa shape index (κ1) is 20.0. The van der Waals surface area contributed by atoms with E-state index < -0.39 is 0 Å². The minimum absolute atomic E-state index is 0.0336. The van der Waals surface area contributed by atoms with Gasteiger partial charge in [0.25, 0.3) is 0 Å². The van der Waals surface area contributed by atoms with Crippen LogP contribution in [0.5, 0.6) is 5.75 Å². The van der Waals surface area contributed by atoms with E-state index in [1.54, 1.807) is 23.8 Å². The van der Waals surface area contributed by atoms with Gasteiger partial charge in [0.2, 0.25) is 5.91 Å². The van der Waals surface area contributed by atoms with Gasteiger partial charge in [0, 0.05) is 33.6 Å². The Morgan fingerprint density at radius 2 is 2.15 bits per heavy atom. The van der Waals surface area contributed by atoms with E-state index in [2.05, 4.69) is 12.2 Å². The molecule has 26 heavy (non-hydrogen) atoms. The van der Waals surface area contributed by atoms with Crippen LogP contribution in [0.2, 0.25) is 0 Å². The molecule has 1 atom stereocenters. The quantitative estimate of drug-likeness (QED) is 0.797. The van der Waals surface area contributed by atoms with Gasteiger partial charge in [0.1, 0.15) is 12.4 Å². The van der Waals surface area contributed by atoms with Gasteiger partial charge in [0.15, 0.2) is 0 Å². The largest absolute Gasteiger partial charge is 0.491 e. The van der Waals surface area contributed by atoms with Crippen LogP contribution in [-0.2, 0) is 16.0 Å². The molecule has 1 aliphatic rings. The summed E-state index contributed by atoms with van der Waals surface area (Å²) in [5.41, 5.74) is 1.16. The zero-order valence-electron chi connectivity index (χ0n) is 15.9. The van der Waals surface area contributed by atoms with E-state index in [1.165, 1.54) is 0 Å². The molecule has 7 heteroatoms. The number of hydrogen-bond donors (Lipinski definition) is 1. The minimum atomic E-state index is -0.180. The first-order valence-corrected chi connectivity index (χ1v) is 9.08. The predicted molar refractivity (Wildman–Crippen MR) is 99.3 cm³/mol. The lowest BCUT2D eigenvalue weighted by molar-refractivity contribution is -0.136. The third-order valence-electron chi connectivity index (χ3n) is 4.45. The summed E-state index contributed by atoms with van der Waals surface area (Å²) in [4.78, 5) is 26.9. The smallest absolute Gasteiger partial charge is 0.317 e. The number of urea groups is 1. The average molecular weight is 363 g/mol. The molecule has 0 bridgehead atoms. The van der Waals surface area contributed by atoms with Crippen molar-refractivity contribution in [3.8, 4) is 5.75 Å². The molecule has 1 saturated heterocycles. The molecule has 1 aliphatic heterocycles. The first-order chi connectivity index (χ1) is 12.5. The van der Waals surface area contributed by atoms with Gasteiger partial charge in [-0.2, -0.15) is 0 Å². The molecule has 0 aromatic heterocycles. The SMILES string of the molecule is CCc1ccccc1OCCN(C)C(=O)NCC1CN(C(C)=O)CCO1. The Hall–Kier alpha value is -2.28. The summed E-state index contributed by atoms with van der Waals surface area (Å²) in [6.45, 7) is 6.54.